The Balaban J connectivity index is 3.41. The van der Waals surface area contributed by atoms with Gasteiger partial charge in [-0.25, -0.2) is 13.2 Å². The molecule has 3 nitrogen and oxygen atoms in total. The first-order chi connectivity index (χ1) is 8.21. The molecule has 0 atom stereocenters. The maximum absolute atomic E-state index is 13.8. The second-order valence-electron chi connectivity index (χ2n) is 3.29. The van der Waals surface area contributed by atoms with Crippen LogP contribution in [0.5, 0.6) is 0 Å². The second-order valence-corrected chi connectivity index (χ2v) is 5.90. The number of rotatable bonds is 4. The Bertz CT molecular complexity index is 450. The molecular weight excluding hydrogens is 279 g/mol. The van der Waals surface area contributed by atoms with Crippen LogP contribution in [0.1, 0.15) is 5.56 Å². The molecule has 0 spiro atoms. The van der Waals surface area contributed by atoms with Crippen molar-refractivity contribution in [2.75, 3.05) is 14.2 Å². The summed E-state index contributed by atoms with van der Waals surface area (Å²) < 4.78 is 74.7. The van der Waals surface area contributed by atoms with E-state index in [2.05, 4.69) is 8.85 Å². The highest BCUT2D eigenvalue weighted by Gasteiger charge is 2.64. The van der Waals surface area contributed by atoms with E-state index in [0.29, 0.717) is 12.1 Å². The summed E-state index contributed by atoms with van der Waals surface area (Å²) in [7, 11) is -3.62. The molecule has 0 saturated carbocycles. The summed E-state index contributed by atoms with van der Waals surface area (Å²) in [5, 5.41) is 0. The van der Waals surface area contributed by atoms with Crippen molar-refractivity contribution < 1.29 is 35.6 Å². The molecule has 0 aliphatic rings. The third kappa shape index (κ3) is 2.14. The van der Waals surface area contributed by atoms with Gasteiger partial charge in [-0.05, 0) is 12.1 Å². The Morgan fingerprint density at radius 3 is 2.00 bits per heavy atom. The topological polar surface area (TPSA) is 38.7 Å². The van der Waals surface area contributed by atoms with Gasteiger partial charge in [-0.3, -0.25) is 0 Å². The van der Waals surface area contributed by atoms with Gasteiger partial charge in [0.2, 0.25) is 0 Å². The van der Waals surface area contributed by atoms with Crippen molar-refractivity contribution in [3.05, 3.63) is 35.1 Å². The molecule has 0 saturated heterocycles. The Hall–Kier alpha value is -1.03. The van der Waals surface area contributed by atoms with Gasteiger partial charge in [-0.1, -0.05) is 0 Å². The van der Waals surface area contributed by atoms with Crippen LogP contribution in [0.25, 0.3) is 0 Å². The molecule has 1 rings (SSSR count). The lowest BCUT2D eigenvalue weighted by molar-refractivity contribution is -0.0275. The maximum Gasteiger partial charge on any atom is 0.576 e. The van der Waals surface area contributed by atoms with E-state index in [9.17, 15) is 26.7 Å². The second kappa shape index (κ2) is 4.92. The molecule has 0 unspecified atom stereocenters. The van der Waals surface area contributed by atoms with E-state index in [1.54, 1.807) is 0 Å². The van der Waals surface area contributed by atoms with Crippen LogP contribution >= 0.6 is 0 Å². The first-order valence-electron chi connectivity index (χ1n) is 4.55. The highest BCUT2D eigenvalue weighted by Crippen LogP contribution is 2.38. The number of halogens is 5. The normalized spacial score (nSPS) is 12.9. The highest BCUT2D eigenvalue weighted by atomic mass is 28.4. The van der Waals surface area contributed by atoms with Gasteiger partial charge in [-0.2, -0.15) is 8.78 Å². The average molecular weight is 288 g/mol. The van der Waals surface area contributed by atoms with Gasteiger partial charge in [0.05, 0.1) is 5.56 Å². The lowest BCUT2D eigenvalue weighted by atomic mass is 10.2. The van der Waals surface area contributed by atoms with E-state index < -0.39 is 37.4 Å². The highest BCUT2D eigenvalue weighted by molar-refractivity contribution is 6.61. The first-order valence-corrected chi connectivity index (χ1v) is 6.32. The van der Waals surface area contributed by atoms with E-state index >= 15 is 0 Å². The molecule has 0 aliphatic carbocycles. The third-order valence-electron chi connectivity index (χ3n) is 2.32. The van der Waals surface area contributed by atoms with Crippen LogP contribution in [0.3, 0.4) is 0 Å². The standard InChI is InChI=1S/C9H9F5O3Si/c1-16-18(15,17-2)9(13,14)5-3-4-6(10)8(12)7(5)11/h3-4,15H,1-2H3. The Labute approximate surface area is 100 Å². The summed E-state index contributed by atoms with van der Waals surface area (Å²) in [6, 6.07) is 0.644. The van der Waals surface area contributed by atoms with Gasteiger partial charge in [0.15, 0.2) is 17.5 Å². The van der Waals surface area contributed by atoms with Gasteiger partial charge in [0.1, 0.15) is 0 Å². The van der Waals surface area contributed by atoms with Crippen LogP contribution < -0.4 is 0 Å². The van der Waals surface area contributed by atoms with Gasteiger partial charge < -0.3 is 13.6 Å². The summed E-state index contributed by atoms with van der Waals surface area (Å²) in [6.07, 6.45) is 0. The number of hydrogen-bond acceptors (Lipinski definition) is 3. The fourth-order valence-corrected chi connectivity index (χ4v) is 2.49. The van der Waals surface area contributed by atoms with Crippen LogP contribution in [0, 0.1) is 17.5 Å². The van der Waals surface area contributed by atoms with Crippen molar-refractivity contribution in [1.29, 1.82) is 0 Å². The number of hydrogen-bond donors (Lipinski definition) is 1. The summed E-state index contributed by atoms with van der Waals surface area (Å²) >= 11 is 0. The van der Waals surface area contributed by atoms with Gasteiger partial charge in [-0.15, -0.1) is 0 Å². The van der Waals surface area contributed by atoms with Crippen LogP contribution in [0.4, 0.5) is 22.0 Å². The predicted molar refractivity (Wildman–Crippen MR) is 52.2 cm³/mol. The van der Waals surface area contributed by atoms with Gasteiger partial charge in [0, 0.05) is 14.2 Å². The molecule has 0 heterocycles. The third-order valence-corrected chi connectivity index (χ3v) is 4.49. The molecule has 0 aliphatic heterocycles. The monoisotopic (exact) mass is 288 g/mol. The lowest BCUT2D eigenvalue weighted by Crippen LogP contribution is -2.56. The van der Waals surface area contributed by atoms with E-state index in [-0.39, 0.29) is 0 Å². The SMILES string of the molecule is CO[Si](O)(OC)C(F)(F)c1ccc(F)c(F)c1F. The number of benzene rings is 1. The molecule has 1 N–H and O–H groups in total. The summed E-state index contributed by atoms with van der Waals surface area (Å²) in [5.74, 6) is -5.78. The van der Waals surface area contributed by atoms with Crippen LogP contribution in [0.15, 0.2) is 12.1 Å². The van der Waals surface area contributed by atoms with Crippen molar-refractivity contribution in [2.45, 2.75) is 5.55 Å². The summed E-state index contributed by atoms with van der Waals surface area (Å²) in [4.78, 5) is 9.46. The van der Waals surface area contributed by atoms with Crippen molar-refractivity contribution >= 4 is 8.80 Å². The molecule has 0 amide bonds. The van der Waals surface area contributed by atoms with Gasteiger partial charge in [0.25, 0.3) is 0 Å². The Kier molecular flexibility index (Phi) is 4.11. The summed E-state index contributed by atoms with van der Waals surface area (Å²) in [5.41, 5.74) is -5.84. The van der Waals surface area contributed by atoms with E-state index in [1.165, 1.54) is 0 Å². The molecule has 102 valence electrons. The van der Waals surface area contributed by atoms with E-state index in [1.807, 2.05) is 0 Å². The molecular formula is C9H9F5O3Si. The maximum atomic E-state index is 13.8. The van der Waals surface area contributed by atoms with Crippen LogP contribution in [0.2, 0.25) is 0 Å². The average Bonchev–Trinajstić information content (AvgIpc) is 2.34. The van der Waals surface area contributed by atoms with E-state index in [4.69, 9.17) is 0 Å². The molecule has 1 aromatic rings. The fraction of sp³-hybridized carbons (Fsp3) is 0.333. The minimum atomic E-state index is -5.10. The Morgan fingerprint density at radius 1 is 1.06 bits per heavy atom. The summed E-state index contributed by atoms with van der Waals surface area (Å²) in [6.45, 7) is 0. The molecule has 9 heteroatoms. The minimum absolute atomic E-state index is 0.321. The van der Waals surface area contributed by atoms with Crippen molar-refractivity contribution in [3.8, 4) is 0 Å². The van der Waals surface area contributed by atoms with Crippen LogP contribution in [-0.2, 0) is 14.4 Å². The molecule has 1 aromatic carbocycles. The van der Waals surface area contributed by atoms with Crippen molar-refractivity contribution in [1.82, 2.24) is 0 Å². The van der Waals surface area contributed by atoms with Crippen molar-refractivity contribution in [3.63, 3.8) is 0 Å². The fourth-order valence-electron chi connectivity index (χ4n) is 1.28. The smallest absolute Gasteiger partial charge is 0.386 e. The van der Waals surface area contributed by atoms with Crippen LogP contribution in [-0.4, -0.2) is 27.8 Å². The molecule has 18 heavy (non-hydrogen) atoms. The zero-order chi connectivity index (χ0) is 14.1. The zero-order valence-electron chi connectivity index (χ0n) is 9.31. The first kappa shape index (κ1) is 15.0. The quantitative estimate of drug-likeness (QED) is 0.523. The largest absolute Gasteiger partial charge is 0.576 e. The van der Waals surface area contributed by atoms with Gasteiger partial charge >= 0.3 is 14.4 Å². The Morgan fingerprint density at radius 2 is 1.56 bits per heavy atom. The molecule has 0 fully saturated rings. The zero-order valence-corrected chi connectivity index (χ0v) is 10.3. The molecule has 0 radical (unpaired) electrons. The molecule has 0 aromatic heterocycles. The lowest BCUT2D eigenvalue weighted by Gasteiger charge is -2.28. The van der Waals surface area contributed by atoms with E-state index in [0.717, 1.165) is 14.2 Å². The molecule has 0 bridgehead atoms. The van der Waals surface area contributed by atoms with Crippen molar-refractivity contribution in [2.24, 2.45) is 0 Å². The number of alkyl halides is 2. The minimum Gasteiger partial charge on any atom is -0.386 e. The predicted octanol–water partition coefficient (Wildman–Crippen LogP) is 1.96.